The summed E-state index contributed by atoms with van der Waals surface area (Å²) in [6.45, 7) is 0.893. The summed E-state index contributed by atoms with van der Waals surface area (Å²) in [5.74, 6) is 1.41. The van der Waals surface area contributed by atoms with Gasteiger partial charge >= 0.3 is 0 Å². The number of aromatic hydroxyl groups is 1. The maximum atomic E-state index is 10.7. The fraction of sp³-hybridized carbons (Fsp3) is 0.739. The average Bonchev–Trinajstić information content (AvgIpc) is 3.51. The Balaban J connectivity index is 1.48. The Labute approximate surface area is 175 Å². The zero-order chi connectivity index (χ0) is 19.8. The van der Waals surface area contributed by atoms with Gasteiger partial charge in [-0.05, 0) is 80.9 Å². The molecular formula is C23H27B2NO3. The topological polar surface area (TPSA) is 41.9 Å². The zero-order valence-corrected chi connectivity index (χ0v) is 17.1. The molecule has 6 heteroatoms. The molecule has 2 spiro atoms. The minimum atomic E-state index is -0.722. The van der Waals surface area contributed by atoms with E-state index in [9.17, 15) is 5.11 Å². The van der Waals surface area contributed by atoms with E-state index in [0.29, 0.717) is 12.0 Å². The number of nitrogens with zero attached hydrogens (tertiary/aromatic N) is 1. The Morgan fingerprint density at radius 3 is 2.62 bits per heavy atom. The average molecular weight is 387 g/mol. The molecule has 0 amide bonds. The van der Waals surface area contributed by atoms with E-state index in [2.05, 4.69) is 11.0 Å². The van der Waals surface area contributed by atoms with Gasteiger partial charge in [0, 0.05) is 24.1 Å². The monoisotopic (exact) mass is 387 g/mol. The van der Waals surface area contributed by atoms with Crippen molar-refractivity contribution in [3.05, 3.63) is 23.3 Å². The van der Waals surface area contributed by atoms with E-state index in [4.69, 9.17) is 25.2 Å². The Bertz CT molecular complexity index is 921. The largest absolute Gasteiger partial charge is 0.504 e. The van der Waals surface area contributed by atoms with Gasteiger partial charge in [0.1, 0.15) is 11.7 Å². The lowest BCUT2D eigenvalue weighted by Gasteiger charge is -2.73. The fourth-order valence-corrected chi connectivity index (χ4v) is 8.59. The van der Waals surface area contributed by atoms with Crippen LogP contribution >= 0.6 is 0 Å². The van der Waals surface area contributed by atoms with E-state index in [-0.39, 0.29) is 28.3 Å². The third kappa shape index (κ3) is 1.70. The quantitative estimate of drug-likeness (QED) is 0.810. The van der Waals surface area contributed by atoms with Crippen molar-refractivity contribution in [2.45, 2.75) is 79.9 Å². The number of methoxy groups -OCH3 is 1. The lowest BCUT2D eigenvalue weighted by Crippen LogP contribution is -2.80. The van der Waals surface area contributed by atoms with Gasteiger partial charge in [0.15, 0.2) is 11.5 Å². The first-order valence-corrected chi connectivity index (χ1v) is 11.3. The number of phenols is 1. The van der Waals surface area contributed by atoms with Gasteiger partial charge in [0.05, 0.1) is 15.7 Å². The lowest BCUT2D eigenvalue weighted by atomic mass is 9.36. The highest BCUT2D eigenvalue weighted by Gasteiger charge is 2.79. The van der Waals surface area contributed by atoms with E-state index in [1.54, 1.807) is 6.07 Å². The second-order valence-corrected chi connectivity index (χ2v) is 10.7. The first-order chi connectivity index (χ1) is 13.9. The van der Waals surface area contributed by atoms with Crippen LogP contribution in [0, 0.1) is 11.3 Å². The Hall–Kier alpha value is -1.13. The standard InChI is InChI=1S/C23H27B2NO3/c1-28-21-8-6-20(7-9-21)16-12-13-2-5-15(27)18-17(13)22(20,19(21)29-18)10-11-26(16)23(24,25)14-3-4-14/h2,5,14,16,19,27H,3-4,6-12H2,1H3/t16-,19+,20?,21?,22+/m1/s1. The Morgan fingerprint density at radius 2 is 1.93 bits per heavy atom. The van der Waals surface area contributed by atoms with Gasteiger partial charge in [-0.25, -0.2) is 0 Å². The van der Waals surface area contributed by atoms with E-state index in [0.717, 1.165) is 63.7 Å². The maximum absolute atomic E-state index is 10.7. The van der Waals surface area contributed by atoms with Crippen molar-refractivity contribution in [3.8, 4) is 11.5 Å². The molecule has 1 saturated heterocycles. The second kappa shape index (κ2) is 5.02. The van der Waals surface area contributed by atoms with E-state index in [1.165, 1.54) is 11.1 Å². The molecule has 29 heavy (non-hydrogen) atoms. The van der Waals surface area contributed by atoms with Crippen LogP contribution in [0.15, 0.2) is 12.1 Å². The molecule has 148 valence electrons. The molecule has 4 bridgehead atoms. The summed E-state index contributed by atoms with van der Waals surface area (Å²) in [6.07, 6.45) is 8.44. The number of phenolic OH excluding ortho intramolecular Hbond substituents is 1. The van der Waals surface area contributed by atoms with Crippen molar-refractivity contribution < 1.29 is 14.6 Å². The summed E-state index contributed by atoms with van der Waals surface area (Å²) in [7, 11) is 15.5. The molecule has 4 radical (unpaired) electrons. The van der Waals surface area contributed by atoms with Crippen molar-refractivity contribution >= 4 is 15.7 Å². The number of piperidine rings is 1. The van der Waals surface area contributed by atoms with Crippen LogP contribution in [0.3, 0.4) is 0 Å². The molecule has 1 aromatic rings. The van der Waals surface area contributed by atoms with E-state index < -0.39 is 5.34 Å². The van der Waals surface area contributed by atoms with Crippen molar-refractivity contribution in [2.24, 2.45) is 11.3 Å². The number of rotatable bonds is 3. The van der Waals surface area contributed by atoms with Crippen LogP contribution in [0.5, 0.6) is 11.5 Å². The van der Waals surface area contributed by atoms with Crippen LogP contribution < -0.4 is 4.74 Å². The maximum Gasteiger partial charge on any atom is 0.165 e. The highest BCUT2D eigenvalue weighted by molar-refractivity contribution is 6.40. The summed E-state index contributed by atoms with van der Waals surface area (Å²) >= 11 is 0. The summed E-state index contributed by atoms with van der Waals surface area (Å²) < 4.78 is 12.9. The van der Waals surface area contributed by atoms with Crippen molar-refractivity contribution in [2.75, 3.05) is 13.7 Å². The SMILES string of the molecule is [B]C([B])(C1CC1)N1CC[C@]23c4c5ccc(O)c4O[C@H]2C2(OC)CCC3(CC2)[C@H]1C5. The highest BCUT2D eigenvalue weighted by atomic mass is 16.6. The Kier molecular flexibility index (Phi) is 3.03. The van der Waals surface area contributed by atoms with Gasteiger partial charge in [-0.2, -0.15) is 0 Å². The number of hydrogen-bond donors (Lipinski definition) is 1. The molecule has 2 aliphatic heterocycles. The molecule has 4 nitrogen and oxygen atoms in total. The van der Waals surface area contributed by atoms with Crippen LogP contribution in [0.4, 0.5) is 0 Å². The van der Waals surface area contributed by atoms with Gasteiger partial charge in [-0.1, -0.05) is 11.4 Å². The highest BCUT2D eigenvalue weighted by Crippen LogP contribution is 2.76. The van der Waals surface area contributed by atoms with Crippen LogP contribution in [0.25, 0.3) is 0 Å². The van der Waals surface area contributed by atoms with E-state index >= 15 is 0 Å². The molecule has 1 aromatic carbocycles. The van der Waals surface area contributed by atoms with Crippen LogP contribution in [0.2, 0.25) is 0 Å². The smallest absolute Gasteiger partial charge is 0.165 e. The summed E-state index contributed by atoms with van der Waals surface area (Å²) in [4.78, 5) is 2.48. The summed E-state index contributed by atoms with van der Waals surface area (Å²) in [5.41, 5.74) is 2.34. The predicted molar refractivity (Wildman–Crippen MR) is 111 cm³/mol. The molecule has 2 heterocycles. The summed E-state index contributed by atoms with van der Waals surface area (Å²) in [5, 5.41) is 9.98. The number of fused-ring (bicyclic) bond motifs is 2. The molecule has 3 atom stereocenters. The molecule has 0 unspecified atom stereocenters. The van der Waals surface area contributed by atoms with Gasteiger partial charge < -0.3 is 19.5 Å². The first-order valence-electron chi connectivity index (χ1n) is 11.3. The summed E-state index contributed by atoms with van der Waals surface area (Å²) in [6, 6.07) is 4.25. The fourth-order valence-electron chi connectivity index (χ4n) is 8.59. The molecule has 5 aliphatic carbocycles. The van der Waals surface area contributed by atoms with Crippen LogP contribution in [-0.4, -0.2) is 62.4 Å². The van der Waals surface area contributed by atoms with Crippen molar-refractivity contribution in [1.29, 1.82) is 0 Å². The van der Waals surface area contributed by atoms with Gasteiger partial charge in [-0.3, -0.25) is 0 Å². The number of likely N-dealkylation sites (tertiary alicyclic amines) is 1. The van der Waals surface area contributed by atoms with Gasteiger partial charge in [-0.15, -0.1) is 0 Å². The number of hydrogen-bond acceptors (Lipinski definition) is 4. The van der Waals surface area contributed by atoms with Crippen molar-refractivity contribution in [1.82, 2.24) is 4.90 Å². The molecule has 4 saturated carbocycles. The van der Waals surface area contributed by atoms with E-state index in [1.807, 2.05) is 7.11 Å². The molecule has 0 aromatic heterocycles. The minimum absolute atomic E-state index is 0.0274. The van der Waals surface area contributed by atoms with Gasteiger partial charge in [0.2, 0.25) is 0 Å². The molecule has 5 fully saturated rings. The van der Waals surface area contributed by atoms with Crippen LogP contribution in [0.1, 0.15) is 56.1 Å². The number of ether oxygens (including phenoxy) is 2. The number of benzene rings is 1. The molecular weight excluding hydrogens is 360 g/mol. The molecule has 7 aliphatic rings. The zero-order valence-electron chi connectivity index (χ0n) is 17.1. The predicted octanol–water partition coefficient (Wildman–Crippen LogP) is 2.38. The first kappa shape index (κ1) is 17.5. The molecule has 1 N–H and O–H groups in total. The van der Waals surface area contributed by atoms with Crippen LogP contribution in [-0.2, 0) is 16.6 Å². The van der Waals surface area contributed by atoms with Gasteiger partial charge in [0.25, 0.3) is 0 Å². The minimum Gasteiger partial charge on any atom is -0.504 e. The lowest BCUT2D eigenvalue weighted by molar-refractivity contribution is -0.254. The Morgan fingerprint density at radius 1 is 1.17 bits per heavy atom. The third-order valence-electron chi connectivity index (χ3n) is 10.0. The normalized spacial score (nSPS) is 44.4. The van der Waals surface area contributed by atoms with Crippen molar-refractivity contribution in [3.63, 3.8) is 0 Å². The second-order valence-electron chi connectivity index (χ2n) is 10.7. The third-order valence-corrected chi connectivity index (χ3v) is 10.0. The molecule has 8 rings (SSSR count).